The summed E-state index contributed by atoms with van der Waals surface area (Å²) >= 11 is 9.93. The Hall–Kier alpha value is -0.510. The van der Waals surface area contributed by atoms with Crippen LogP contribution in [0.25, 0.3) is 10.9 Å². The number of piperidine rings is 1. The van der Waals surface area contributed by atoms with Gasteiger partial charge in [-0.25, -0.2) is 0 Å². The Morgan fingerprint density at radius 1 is 1.24 bits per heavy atom. The first-order valence-electron chi connectivity index (χ1n) is 5.93. The Morgan fingerprint density at radius 3 is 2.71 bits per heavy atom. The Kier molecular flexibility index (Phi) is 3.16. The first-order valence-corrected chi connectivity index (χ1v) is 7.11. The summed E-state index contributed by atoms with van der Waals surface area (Å²) in [4.78, 5) is 3.50. The molecule has 0 radical (unpaired) electrons. The van der Waals surface area contributed by atoms with Crippen molar-refractivity contribution in [1.82, 2.24) is 10.3 Å². The van der Waals surface area contributed by atoms with Crippen molar-refractivity contribution in [1.29, 1.82) is 0 Å². The van der Waals surface area contributed by atoms with Crippen molar-refractivity contribution >= 4 is 38.4 Å². The fraction of sp³-hybridized carbons (Fsp3) is 0.385. The number of aromatic amines is 1. The molecule has 2 nitrogen and oxygen atoms in total. The maximum absolute atomic E-state index is 6.22. The molecule has 1 aromatic carbocycles. The molecular formula is C13H14BrClN2. The molecule has 17 heavy (non-hydrogen) atoms. The average Bonchev–Trinajstić information content (AvgIpc) is 2.70. The van der Waals surface area contributed by atoms with Gasteiger partial charge in [-0.3, -0.25) is 0 Å². The van der Waals surface area contributed by atoms with Gasteiger partial charge in [0.25, 0.3) is 0 Å². The molecule has 0 amide bonds. The van der Waals surface area contributed by atoms with Gasteiger partial charge in [0.1, 0.15) is 0 Å². The summed E-state index contributed by atoms with van der Waals surface area (Å²) in [5.74, 6) is 0.606. The summed E-state index contributed by atoms with van der Waals surface area (Å²) < 4.78 is 1.18. The van der Waals surface area contributed by atoms with E-state index >= 15 is 0 Å². The standard InChI is InChI=1S/C13H14BrClN2/c14-11-9-2-1-3-10(15)13(9)17-12(11)8-4-6-16-7-5-8/h1-3,8,16-17H,4-7H2. The van der Waals surface area contributed by atoms with Crippen LogP contribution in [0.3, 0.4) is 0 Å². The Balaban J connectivity index is 2.10. The van der Waals surface area contributed by atoms with Crippen LogP contribution in [0.1, 0.15) is 24.5 Å². The van der Waals surface area contributed by atoms with Crippen molar-refractivity contribution in [2.45, 2.75) is 18.8 Å². The first-order chi connectivity index (χ1) is 8.27. The molecule has 3 rings (SSSR count). The second-order valence-corrected chi connectivity index (χ2v) is 5.74. The quantitative estimate of drug-likeness (QED) is 0.816. The van der Waals surface area contributed by atoms with Gasteiger partial charge < -0.3 is 10.3 Å². The van der Waals surface area contributed by atoms with E-state index in [4.69, 9.17) is 11.6 Å². The predicted octanol–water partition coefficient (Wildman–Crippen LogP) is 4.05. The number of H-pyrrole nitrogens is 1. The molecule has 2 N–H and O–H groups in total. The average molecular weight is 314 g/mol. The molecule has 4 heteroatoms. The Bertz CT molecular complexity index is 544. The molecule has 2 aromatic rings. The summed E-state index contributed by atoms with van der Waals surface area (Å²) in [5.41, 5.74) is 2.35. The molecule has 0 atom stereocenters. The fourth-order valence-corrected chi connectivity index (χ4v) is 3.54. The maximum atomic E-state index is 6.22. The molecule has 0 saturated carbocycles. The molecule has 1 aliphatic rings. The molecule has 1 aromatic heterocycles. The number of hydrogen-bond donors (Lipinski definition) is 2. The lowest BCUT2D eigenvalue weighted by Gasteiger charge is -2.22. The Morgan fingerprint density at radius 2 is 2.00 bits per heavy atom. The second kappa shape index (κ2) is 4.63. The van der Waals surface area contributed by atoms with Gasteiger partial charge in [0.05, 0.1) is 10.5 Å². The SMILES string of the molecule is Clc1cccc2c(Br)c(C3CCNCC3)[nH]c12. The van der Waals surface area contributed by atoms with E-state index in [-0.39, 0.29) is 0 Å². The largest absolute Gasteiger partial charge is 0.356 e. The zero-order valence-electron chi connectivity index (χ0n) is 9.39. The molecule has 1 saturated heterocycles. The number of nitrogens with one attached hydrogen (secondary N) is 2. The van der Waals surface area contributed by atoms with E-state index in [1.807, 2.05) is 12.1 Å². The summed E-state index contributed by atoms with van der Waals surface area (Å²) in [6, 6.07) is 6.03. The highest BCUT2D eigenvalue weighted by atomic mass is 79.9. The highest BCUT2D eigenvalue weighted by molar-refractivity contribution is 9.10. The summed E-state index contributed by atoms with van der Waals surface area (Å²) in [6.07, 6.45) is 2.37. The van der Waals surface area contributed by atoms with Gasteiger partial charge >= 0.3 is 0 Å². The molecular weight excluding hydrogens is 300 g/mol. The predicted molar refractivity (Wildman–Crippen MR) is 75.9 cm³/mol. The van der Waals surface area contributed by atoms with E-state index in [1.54, 1.807) is 0 Å². The van der Waals surface area contributed by atoms with Gasteiger partial charge in [0.2, 0.25) is 0 Å². The van der Waals surface area contributed by atoms with Gasteiger partial charge in [-0.1, -0.05) is 23.7 Å². The number of aromatic nitrogens is 1. The second-order valence-electron chi connectivity index (χ2n) is 4.54. The normalized spacial score (nSPS) is 17.8. The van der Waals surface area contributed by atoms with Gasteiger partial charge in [0, 0.05) is 21.5 Å². The van der Waals surface area contributed by atoms with E-state index in [0.717, 1.165) is 23.6 Å². The van der Waals surface area contributed by atoms with Crippen LogP contribution in [0, 0.1) is 0 Å². The molecule has 2 heterocycles. The van der Waals surface area contributed by atoms with E-state index in [1.165, 1.54) is 28.4 Å². The molecule has 90 valence electrons. The van der Waals surface area contributed by atoms with Crippen molar-refractivity contribution in [3.63, 3.8) is 0 Å². The van der Waals surface area contributed by atoms with Crippen molar-refractivity contribution in [3.05, 3.63) is 33.4 Å². The Labute approximate surface area is 114 Å². The molecule has 0 bridgehead atoms. The van der Waals surface area contributed by atoms with Crippen LogP contribution in [0.2, 0.25) is 5.02 Å². The summed E-state index contributed by atoms with van der Waals surface area (Å²) in [6.45, 7) is 2.19. The lowest BCUT2D eigenvalue weighted by Crippen LogP contribution is -2.26. The number of fused-ring (bicyclic) bond motifs is 1. The van der Waals surface area contributed by atoms with Crippen LogP contribution in [-0.4, -0.2) is 18.1 Å². The maximum Gasteiger partial charge on any atom is 0.0657 e. The number of hydrogen-bond acceptors (Lipinski definition) is 1. The fourth-order valence-electron chi connectivity index (χ4n) is 2.56. The number of para-hydroxylation sites is 1. The van der Waals surface area contributed by atoms with Crippen molar-refractivity contribution in [2.75, 3.05) is 13.1 Å². The van der Waals surface area contributed by atoms with Crippen LogP contribution in [0.4, 0.5) is 0 Å². The van der Waals surface area contributed by atoms with Crippen molar-refractivity contribution in [2.24, 2.45) is 0 Å². The first kappa shape index (κ1) is 11.6. The van der Waals surface area contributed by atoms with Gasteiger partial charge in [-0.15, -0.1) is 0 Å². The van der Waals surface area contributed by atoms with E-state index in [9.17, 15) is 0 Å². The monoisotopic (exact) mass is 312 g/mol. The van der Waals surface area contributed by atoms with E-state index in [0.29, 0.717) is 5.92 Å². The van der Waals surface area contributed by atoms with Crippen LogP contribution in [-0.2, 0) is 0 Å². The minimum absolute atomic E-state index is 0.606. The van der Waals surface area contributed by atoms with Crippen LogP contribution in [0.5, 0.6) is 0 Å². The van der Waals surface area contributed by atoms with Gasteiger partial charge in [0.15, 0.2) is 0 Å². The number of rotatable bonds is 1. The van der Waals surface area contributed by atoms with E-state index in [2.05, 4.69) is 32.3 Å². The van der Waals surface area contributed by atoms with Crippen LogP contribution in [0.15, 0.2) is 22.7 Å². The third-order valence-corrected chi connectivity index (χ3v) is 4.66. The molecule has 0 aliphatic carbocycles. The number of halogens is 2. The van der Waals surface area contributed by atoms with Crippen LogP contribution < -0.4 is 5.32 Å². The molecule has 0 unspecified atom stereocenters. The minimum Gasteiger partial charge on any atom is -0.356 e. The highest BCUT2D eigenvalue weighted by Gasteiger charge is 2.21. The molecule has 1 aliphatic heterocycles. The lowest BCUT2D eigenvalue weighted by molar-refractivity contribution is 0.454. The topological polar surface area (TPSA) is 27.8 Å². The highest BCUT2D eigenvalue weighted by Crippen LogP contribution is 2.38. The third kappa shape index (κ3) is 2.01. The van der Waals surface area contributed by atoms with Crippen molar-refractivity contribution < 1.29 is 0 Å². The zero-order valence-corrected chi connectivity index (χ0v) is 11.7. The molecule has 1 fully saturated rings. The zero-order chi connectivity index (χ0) is 11.8. The summed E-state index contributed by atoms with van der Waals surface area (Å²) in [5, 5.41) is 5.37. The van der Waals surface area contributed by atoms with Crippen LogP contribution >= 0.6 is 27.5 Å². The smallest absolute Gasteiger partial charge is 0.0657 e. The third-order valence-electron chi connectivity index (χ3n) is 3.49. The molecule has 0 spiro atoms. The van der Waals surface area contributed by atoms with E-state index < -0.39 is 0 Å². The lowest BCUT2D eigenvalue weighted by atomic mass is 9.95. The minimum atomic E-state index is 0.606. The van der Waals surface area contributed by atoms with Crippen molar-refractivity contribution in [3.8, 4) is 0 Å². The number of benzene rings is 1. The summed E-state index contributed by atoms with van der Waals surface area (Å²) in [7, 11) is 0. The van der Waals surface area contributed by atoms with Gasteiger partial charge in [-0.2, -0.15) is 0 Å². The van der Waals surface area contributed by atoms with Gasteiger partial charge in [-0.05, 0) is 47.9 Å².